The number of benzene rings is 2. The number of fused-ring (bicyclic) bond motifs is 1. The summed E-state index contributed by atoms with van der Waals surface area (Å²) >= 11 is 3.15. The lowest BCUT2D eigenvalue weighted by Crippen LogP contribution is -2.13. The Morgan fingerprint density at radius 1 is 1.24 bits per heavy atom. The van der Waals surface area contributed by atoms with Crippen LogP contribution in [0.4, 0.5) is 0 Å². The Labute approximate surface area is 156 Å². The number of aryl methyl sites for hydroxylation is 2. The zero-order chi connectivity index (χ0) is 17.8. The molecule has 0 spiro atoms. The standard InChI is InChI=1S/C20H22N2OS2/c1-4-5-8-14-11-12-16-18(13-14)25-20(22(16)2)21-19(23)15-9-6-7-10-17(15)24-3/h6-7,9-13H,4-5,8H2,1-3H3. The lowest BCUT2D eigenvalue weighted by Gasteiger charge is -2.02. The second-order valence-corrected chi connectivity index (χ2v) is 7.82. The molecule has 0 aliphatic carbocycles. The van der Waals surface area contributed by atoms with E-state index in [4.69, 9.17) is 0 Å². The molecule has 0 fully saturated rings. The molecule has 0 bridgehead atoms. The molecule has 3 aromatic rings. The van der Waals surface area contributed by atoms with Gasteiger partial charge >= 0.3 is 0 Å². The van der Waals surface area contributed by atoms with Crippen LogP contribution in [0.1, 0.15) is 35.7 Å². The van der Waals surface area contributed by atoms with E-state index >= 15 is 0 Å². The molecule has 0 aliphatic rings. The summed E-state index contributed by atoms with van der Waals surface area (Å²) < 4.78 is 3.18. The molecule has 5 heteroatoms. The first-order chi connectivity index (χ1) is 12.1. The van der Waals surface area contributed by atoms with Gasteiger partial charge < -0.3 is 4.57 Å². The molecule has 3 nitrogen and oxygen atoms in total. The lowest BCUT2D eigenvalue weighted by molar-refractivity contribution is 0.0995. The van der Waals surface area contributed by atoms with E-state index in [1.54, 1.807) is 23.1 Å². The molecule has 1 aromatic heterocycles. The van der Waals surface area contributed by atoms with Gasteiger partial charge in [0.05, 0.1) is 15.8 Å². The highest BCUT2D eigenvalue weighted by molar-refractivity contribution is 7.98. The number of unbranched alkanes of at least 4 members (excludes halogenated alkanes) is 1. The monoisotopic (exact) mass is 370 g/mol. The minimum atomic E-state index is -0.182. The van der Waals surface area contributed by atoms with Gasteiger partial charge in [-0.05, 0) is 48.9 Å². The highest BCUT2D eigenvalue weighted by Gasteiger charge is 2.11. The van der Waals surface area contributed by atoms with Gasteiger partial charge in [0.15, 0.2) is 4.80 Å². The first-order valence-electron chi connectivity index (χ1n) is 8.44. The van der Waals surface area contributed by atoms with Gasteiger partial charge in [0, 0.05) is 11.9 Å². The van der Waals surface area contributed by atoms with Crippen LogP contribution < -0.4 is 4.80 Å². The summed E-state index contributed by atoms with van der Waals surface area (Å²) in [5, 5.41) is 0. The van der Waals surface area contributed by atoms with Gasteiger partial charge in [0.2, 0.25) is 0 Å². The second-order valence-electron chi connectivity index (χ2n) is 5.97. The van der Waals surface area contributed by atoms with Crippen LogP contribution in [-0.4, -0.2) is 16.7 Å². The van der Waals surface area contributed by atoms with Gasteiger partial charge in [0.25, 0.3) is 5.91 Å². The van der Waals surface area contributed by atoms with Crippen LogP contribution in [-0.2, 0) is 13.5 Å². The Morgan fingerprint density at radius 2 is 2.04 bits per heavy atom. The number of thiazole rings is 1. The number of aromatic nitrogens is 1. The Morgan fingerprint density at radius 3 is 2.80 bits per heavy atom. The molecule has 0 atom stereocenters. The van der Waals surface area contributed by atoms with E-state index in [-0.39, 0.29) is 5.91 Å². The lowest BCUT2D eigenvalue weighted by atomic mass is 10.1. The maximum Gasteiger partial charge on any atom is 0.280 e. The minimum Gasteiger partial charge on any atom is -0.319 e. The molecule has 0 N–H and O–H groups in total. The van der Waals surface area contributed by atoms with Crippen molar-refractivity contribution in [3.63, 3.8) is 0 Å². The van der Waals surface area contributed by atoms with Crippen LogP contribution in [0.25, 0.3) is 10.2 Å². The van der Waals surface area contributed by atoms with Crippen molar-refractivity contribution in [1.29, 1.82) is 0 Å². The summed E-state index contributed by atoms with van der Waals surface area (Å²) in [7, 11) is 1.97. The molecular weight excluding hydrogens is 348 g/mol. The molecule has 0 saturated heterocycles. The Balaban J connectivity index is 2.01. The van der Waals surface area contributed by atoms with Gasteiger partial charge in [-0.15, -0.1) is 11.8 Å². The van der Waals surface area contributed by atoms with Crippen molar-refractivity contribution in [1.82, 2.24) is 4.57 Å². The van der Waals surface area contributed by atoms with Gasteiger partial charge in [-0.25, -0.2) is 0 Å². The zero-order valence-electron chi connectivity index (χ0n) is 14.8. The molecule has 0 unspecified atom stereocenters. The predicted octanol–water partition coefficient (Wildman–Crippen LogP) is 5.05. The van der Waals surface area contributed by atoms with E-state index < -0.39 is 0 Å². The van der Waals surface area contributed by atoms with Gasteiger partial charge in [-0.2, -0.15) is 4.99 Å². The number of nitrogens with zero attached hydrogens (tertiary/aromatic N) is 2. The molecule has 25 heavy (non-hydrogen) atoms. The van der Waals surface area contributed by atoms with Crippen molar-refractivity contribution >= 4 is 39.2 Å². The fourth-order valence-electron chi connectivity index (χ4n) is 2.79. The molecule has 0 aliphatic heterocycles. The van der Waals surface area contributed by atoms with E-state index in [0.717, 1.165) is 21.6 Å². The number of thioether (sulfide) groups is 1. The third-order valence-corrected chi connectivity index (χ3v) is 6.12. The smallest absolute Gasteiger partial charge is 0.280 e. The van der Waals surface area contributed by atoms with Gasteiger partial charge in [-0.1, -0.05) is 42.9 Å². The molecule has 130 valence electrons. The SMILES string of the molecule is CCCCc1ccc2c(c1)sc(=NC(=O)c1ccccc1SC)n2C. The normalized spacial score (nSPS) is 12.0. The van der Waals surface area contributed by atoms with E-state index in [2.05, 4.69) is 30.1 Å². The van der Waals surface area contributed by atoms with E-state index in [9.17, 15) is 4.79 Å². The van der Waals surface area contributed by atoms with E-state index in [0.29, 0.717) is 5.56 Å². The highest BCUT2D eigenvalue weighted by atomic mass is 32.2. The van der Waals surface area contributed by atoms with Crippen molar-refractivity contribution in [2.75, 3.05) is 6.26 Å². The van der Waals surface area contributed by atoms with Gasteiger partial charge in [0.1, 0.15) is 0 Å². The molecule has 1 heterocycles. The maximum absolute atomic E-state index is 12.6. The molecule has 0 saturated carbocycles. The summed E-state index contributed by atoms with van der Waals surface area (Å²) in [5.41, 5.74) is 3.13. The number of amides is 1. The van der Waals surface area contributed by atoms with Crippen LogP contribution in [0, 0.1) is 0 Å². The quantitative estimate of drug-likeness (QED) is 0.589. The van der Waals surface area contributed by atoms with E-state index in [1.807, 2.05) is 42.1 Å². The number of hydrogen-bond donors (Lipinski definition) is 0. The summed E-state index contributed by atoms with van der Waals surface area (Å²) in [6, 6.07) is 14.2. The Kier molecular flexibility index (Phi) is 5.76. The third kappa shape index (κ3) is 3.88. The number of carbonyl (C=O) groups is 1. The van der Waals surface area contributed by atoms with Crippen molar-refractivity contribution in [2.45, 2.75) is 31.1 Å². The topological polar surface area (TPSA) is 34.4 Å². The zero-order valence-corrected chi connectivity index (χ0v) is 16.4. The van der Waals surface area contributed by atoms with E-state index in [1.165, 1.54) is 23.1 Å². The highest BCUT2D eigenvalue weighted by Crippen LogP contribution is 2.22. The van der Waals surface area contributed by atoms with Crippen LogP contribution in [0.15, 0.2) is 52.4 Å². The summed E-state index contributed by atoms with van der Waals surface area (Å²) in [6.45, 7) is 2.21. The summed E-state index contributed by atoms with van der Waals surface area (Å²) in [5.74, 6) is -0.182. The maximum atomic E-state index is 12.6. The number of carbonyl (C=O) groups excluding carboxylic acids is 1. The number of rotatable bonds is 5. The Hall–Kier alpha value is -1.85. The second kappa shape index (κ2) is 8.02. The van der Waals surface area contributed by atoms with Crippen LogP contribution in [0.5, 0.6) is 0 Å². The van der Waals surface area contributed by atoms with Crippen molar-refractivity contribution < 1.29 is 4.79 Å². The fraction of sp³-hybridized carbons (Fsp3) is 0.300. The summed E-state index contributed by atoms with van der Waals surface area (Å²) in [6.07, 6.45) is 5.47. The van der Waals surface area contributed by atoms with Crippen LogP contribution in [0.2, 0.25) is 0 Å². The van der Waals surface area contributed by atoms with Crippen molar-refractivity contribution in [2.24, 2.45) is 12.0 Å². The average molecular weight is 371 g/mol. The van der Waals surface area contributed by atoms with Crippen LogP contribution in [0.3, 0.4) is 0 Å². The third-order valence-electron chi connectivity index (χ3n) is 4.23. The number of hydrogen-bond acceptors (Lipinski definition) is 3. The van der Waals surface area contributed by atoms with Crippen LogP contribution >= 0.6 is 23.1 Å². The molecule has 2 aromatic carbocycles. The predicted molar refractivity (Wildman–Crippen MR) is 108 cm³/mol. The molecule has 1 amide bonds. The molecule has 3 rings (SSSR count). The largest absolute Gasteiger partial charge is 0.319 e. The Bertz CT molecular complexity index is 969. The molecular formula is C20H22N2OS2. The van der Waals surface area contributed by atoms with Gasteiger partial charge in [-0.3, -0.25) is 4.79 Å². The minimum absolute atomic E-state index is 0.182. The first kappa shape index (κ1) is 18.0. The first-order valence-corrected chi connectivity index (χ1v) is 10.5. The fourth-order valence-corrected chi connectivity index (χ4v) is 4.46. The molecule has 0 radical (unpaired) electrons. The van der Waals surface area contributed by atoms with Crippen molar-refractivity contribution in [3.8, 4) is 0 Å². The van der Waals surface area contributed by atoms with Crippen molar-refractivity contribution in [3.05, 3.63) is 58.4 Å². The summed E-state index contributed by atoms with van der Waals surface area (Å²) in [4.78, 5) is 18.7. The average Bonchev–Trinajstić information content (AvgIpc) is 2.95.